The second-order valence-corrected chi connectivity index (χ2v) is 5.38. The zero-order valence-electron chi connectivity index (χ0n) is 10.1. The van der Waals surface area contributed by atoms with Gasteiger partial charge < -0.3 is 4.74 Å². The van der Waals surface area contributed by atoms with E-state index in [1.807, 2.05) is 0 Å². The van der Waals surface area contributed by atoms with Gasteiger partial charge in [0, 0.05) is 6.20 Å². The van der Waals surface area contributed by atoms with Crippen LogP contribution < -0.4 is 4.74 Å². The van der Waals surface area contributed by atoms with Crippen molar-refractivity contribution in [2.75, 3.05) is 0 Å². The molecule has 3 aromatic rings. The first-order valence-corrected chi connectivity index (χ1v) is 6.91. The standard InChI is InChI=1S/C12H9FN4OS2/c13-7-1-3-8(4-2-7)18-6-10-14-5-9(20-10)11-15-12(19)17-16-11/h1-5H,6H2,(H2,15,16,17,19). The van der Waals surface area contributed by atoms with Crippen LogP contribution in [0.3, 0.4) is 0 Å². The monoisotopic (exact) mass is 308 g/mol. The largest absolute Gasteiger partial charge is 0.486 e. The number of H-pyrrole nitrogens is 2. The van der Waals surface area contributed by atoms with Crippen molar-refractivity contribution in [1.82, 2.24) is 20.2 Å². The van der Waals surface area contributed by atoms with Crippen molar-refractivity contribution < 1.29 is 9.13 Å². The van der Waals surface area contributed by atoms with E-state index in [9.17, 15) is 4.39 Å². The fraction of sp³-hybridized carbons (Fsp3) is 0.0833. The number of thiazole rings is 1. The number of aromatic nitrogens is 4. The van der Waals surface area contributed by atoms with Crippen LogP contribution in [-0.4, -0.2) is 20.2 Å². The first kappa shape index (κ1) is 12.9. The Morgan fingerprint density at radius 3 is 2.75 bits per heavy atom. The predicted molar refractivity (Wildman–Crippen MR) is 75.6 cm³/mol. The summed E-state index contributed by atoms with van der Waals surface area (Å²) in [6.07, 6.45) is 1.70. The number of ether oxygens (including phenoxy) is 1. The Labute approximate surface area is 122 Å². The summed E-state index contributed by atoms with van der Waals surface area (Å²) < 4.78 is 18.7. The number of rotatable bonds is 4. The van der Waals surface area contributed by atoms with E-state index >= 15 is 0 Å². The van der Waals surface area contributed by atoms with E-state index in [1.54, 1.807) is 18.3 Å². The summed E-state index contributed by atoms with van der Waals surface area (Å²) >= 11 is 6.35. The molecule has 0 bridgehead atoms. The lowest BCUT2D eigenvalue weighted by Gasteiger charge is -2.02. The molecule has 0 spiro atoms. The molecular weight excluding hydrogens is 299 g/mol. The predicted octanol–water partition coefficient (Wildman–Crippen LogP) is 3.31. The number of benzene rings is 1. The van der Waals surface area contributed by atoms with Gasteiger partial charge in [0.15, 0.2) is 5.82 Å². The Balaban J connectivity index is 1.68. The smallest absolute Gasteiger partial charge is 0.213 e. The second-order valence-electron chi connectivity index (χ2n) is 3.88. The molecule has 0 radical (unpaired) electrons. The van der Waals surface area contributed by atoms with Crippen LogP contribution in [0.5, 0.6) is 5.75 Å². The summed E-state index contributed by atoms with van der Waals surface area (Å²) in [6, 6.07) is 5.86. The molecule has 2 heterocycles. The molecule has 1 aromatic carbocycles. The molecule has 0 unspecified atom stereocenters. The highest BCUT2D eigenvalue weighted by Gasteiger charge is 2.07. The van der Waals surface area contributed by atoms with Crippen molar-refractivity contribution in [3.8, 4) is 16.5 Å². The van der Waals surface area contributed by atoms with Gasteiger partial charge in [-0.15, -0.1) is 11.3 Å². The number of aromatic amines is 2. The zero-order chi connectivity index (χ0) is 13.9. The maximum atomic E-state index is 12.8. The van der Waals surface area contributed by atoms with E-state index in [2.05, 4.69) is 20.2 Å². The van der Waals surface area contributed by atoms with E-state index < -0.39 is 0 Å². The van der Waals surface area contributed by atoms with Crippen molar-refractivity contribution in [2.24, 2.45) is 0 Å². The summed E-state index contributed by atoms with van der Waals surface area (Å²) in [5.74, 6) is 0.963. The SMILES string of the molecule is Fc1ccc(OCc2ncc(-c3nc(=S)[nH][nH]3)s2)cc1. The molecule has 5 nitrogen and oxygen atoms in total. The van der Waals surface area contributed by atoms with E-state index in [-0.39, 0.29) is 5.82 Å². The summed E-state index contributed by atoms with van der Waals surface area (Å²) in [4.78, 5) is 9.23. The van der Waals surface area contributed by atoms with E-state index in [0.717, 1.165) is 9.88 Å². The van der Waals surface area contributed by atoms with Crippen LogP contribution in [0.2, 0.25) is 0 Å². The van der Waals surface area contributed by atoms with E-state index in [4.69, 9.17) is 17.0 Å². The molecule has 3 rings (SSSR count). The quantitative estimate of drug-likeness (QED) is 0.726. The van der Waals surface area contributed by atoms with Gasteiger partial charge >= 0.3 is 0 Å². The molecule has 2 N–H and O–H groups in total. The van der Waals surface area contributed by atoms with Crippen LogP contribution in [0.15, 0.2) is 30.5 Å². The summed E-state index contributed by atoms with van der Waals surface area (Å²) in [5.41, 5.74) is 0. The molecule has 0 aliphatic heterocycles. The Morgan fingerprint density at radius 1 is 1.25 bits per heavy atom. The maximum absolute atomic E-state index is 12.8. The Kier molecular flexibility index (Phi) is 3.57. The van der Waals surface area contributed by atoms with Crippen LogP contribution in [0.1, 0.15) is 5.01 Å². The number of nitrogens with zero attached hydrogens (tertiary/aromatic N) is 2. The lowest BCUT2D eigenvalue weighted by Crippen LogP contribution is -1.94. The van der Waals surface area contributed by atoms with Crippen LogP contribution >= 0.6 is 23.6 Å². The molecule has 8 heteroatoms. The summed E-state index contributed by atoms with van der Waals surface area (Å²) in [7, 11) is 0. The van der Waals surface area contributed by atoms with E-state index in [0.29, 0.717) is 23.0 Å². The van der Waals surface area contributed by atoms with Gasteiger partial charge in [-0.25, -0.2) is 9.37 Å². The molecule has 0 amide bonds. The Hall–Kier alpha value is -2.06. The Bertz CT molecular complexity index is 762. The molecule has 0 atom stereocenters. The molecule has 0 aliphatic carbocycles. The van der Waals surface area contributed by atoms with E-state index in [1.165, 1.54) is 23.5 Å². The minimum Gasteiger partial charge on any atom is -0.486 e. The van der Waals surface area contributed by atoms with Crippen molar-refractivity contribution in [2.45, 2.75) is 6.61 Å². The van der Waals surface area contributed by atoms with Crippen LogP contribution in [-0.2, 0) is 6.61 Å². The molecule has 2 aromatic heterocycles. The second kappa shape index (κ2) is 5.51. The van der Waals surface area contributed by atoms with Crippen molar-refractivity contribution in [1.29, 1.82) is 0 Å². The fourth-order valence-electron chi connectivity index (χ4n) is 1.55. The van der Waals surface area contributed by atoms with Gasteiger partial charge in [-0.3, -0.25) is 10.2 Å². The normalized spacial score (nSPS) is 10.7. The third kappa shape index (κ3) is 2.91. The first-order valence-electron chi connectivity index (χ1n) is 5.69. The molecule has 20 heavy (non-hydrogen) atoms. The topological polar surface area (TPSA) is 66.6 Å². The number of hydrogen-bond acceptors (Lipinski definition) is 5. The van der Waals surface area contributed by atoms with Gasteiger partial charge in [0.25, 0.3) is 0 Å². The molecular formula is C12H9FN4OS2. The lowest BCUT2D eigenvalue weighted by atomic mass is 10.3. The fourth-order valence-corrected chi connectivity index (χ4v) is 2.47. The molecule has 0 aliphatic rings. The van der Waals surface area contributed by atoms with Gasteiger partial charge in [-0.2, -0.15) is 4.98 Å². The highest BCUT2D eigenvalue weighted by molar-refractivity contribution is 7.71. The molecule has 0 saturated carbocycles. The number of hydrogen-bond donors (Lipinski definition) is 2. The number of halogens is 1. The van der Waals surface area contributed by atoms with Crippen LogP contribution in [0.4, 0.5) is 4.39 Å². The first-order chi connectivity index (χ1) is 9.70. The summed E-state index contributed by atoms with van der Waals surface area (Å²) in [5, 5.41) is 6.39. The minimum atomic E-state index is -0.289. The summed E-state index contributed by atoms with van der Waals surface area (Å²) in [6.45, 7) is 0.321. The molecule has 0 saturated heterocycles. The lowest BCUT2D eigenvalue weighted by molar-refractivity contribution is 0.305. The van der Waals surface area contributed by atoms with Gasteiger partial charge in [0.1, 0.15) is 23.2 Å². The third-order valence-corrected chi connectivity index (χ3v) is 3.63. The van der Waals surface area contributed by atoms with Gasteiger partial charge in [-0.05, 0) is 36.5 Å². The average molecular weight is 308 g/mol. The minimum absolute atomic E-state index is 0.289. The molecule has 102 valence electrons. The van der Waals surface area contributed by atoms with Crippen LogP contribution in [0, 0.1) is 10.6 Å². The number of nitrogens with one attached hydrogen (secondary N) is 2. The zero-order valence-corrected chi connectivity index (χ0v) is 11.7. The van der Waals surface area contributed by atoms with Crippen LogP contribution in [0.25, 0.3) is 10.7 Å². The molecule has 0 fully saturated rings. The van der Waals surface area contributed by atoms with Crippen molar-refractivity contribution in [3.63, 3.8) is 0 Å². The average Bonchev–Trinajstić information content (AvgIpc) is 3.07. The van der Waals surface area contributed by atoms with Gasteiger partial charge in [-0.1, -0.05) is 0 Å². The van der Waals surface area contributed by atoms with Gasteiger partial charge in [0.05, 0.1) is 4.88 Å². The van der Waals surface area contributed by atoms with Crippen molar-refractivity contribution in [3.05, 3.63) is 46.1 Å². The van der Waals surface area contributed by atoms with Gasteiger partial charge in [0.2, 0.25) is 4.77 Å². The highest BCUT2D eigenvalue weighted by atomic mass is 32.1. The highest BCUT2D eigenvalue weighted by Crippen LogP contribution is 2.23. The Morgan fingerprint density at radius 2 is 2.05 bits per heavy atom. The van der Waals surface area contributed by atoms with Crippen molar-refractivity contribution >= 4 is 23.6 Å². The third-order valence-electron chi connectivity index (χ3n) is 2.46. The maximum Gasteiger partial charge on any atom is 0.213 e.